The van der Waals surface area contributed by atoms with Crippen molar-refractivity contribution in [2.45, 2.75) is 13.5 Å². The van der Waals surface area contributed by atoms with Crippen molar-refractivity contribution in [3.8, 4) is 11.5 Å². The molecule has 0 radical (unpaired) electrons. The molecule has 0 fully saturated rings. The van der Waals surface area contributed by atoms with E-state index in [0.29, 0.717) is 23.7 Å². The second-order valence-electron chi connectivity index (χ2n) is 6.18. The zero-order valence-corrected chi connectivity index (χ0v) is 19.2. The first-order chi connectivity index (χ1) is 13.5. The van der Waals surface area contributed by atoms with Crippen molar-refractivity contribution < 1.29 is 14.3 Å². The molecule has 28 heavy (non-hydrogen) atoms. The maximum atomic E-state index is 12.7. The smallest absolute Gasteiger partial charge is 0.255 e. The minimum absolute atomic E-state index is 0.198. The normalized spacial score (nSPS) is 10.4. The SMILES string of the molecule is COc1cc(C(=O)Nc2ccc(Br)cc2C)cc(I)c1OCc1ccccc1. The number of hydrogen-bond donors (Lipinski definition) is 1. The van der Waals surface area contributed by atoms with E-state index in [2.05, 4.69) is 43.8 Å². The summed E-state index contributed by atoms with van der Waals surface area (Å²) in [6.45, 7) is 2.38. The lowest BCUT2D eigenvalue weighted by atomic mass is 10.1. The molecule has 1 N–H and O–H groups in total. The van der Waals surface area contributed by atoms with Gasteiger partial charge in [-0.25, -0.2) is 0 Å². The second-order valence-corrected chi connectivity index (χ2v) is 8.25. The Morgan fingerprint density at radius 1 is 1.11 bits per heavy atom. The molecule has 0 aliphatic heterocycles. The highest BCUT2D eigenvalue weighted by molar-refractivity contribution is 14.1. The molecule has 0 saturated heterocycles. The molecule has 144 valence electrons. The molecule has 6 heteroatoms. The molecule has 0 heterocycles. The molecule has 3 rings (SSSR count). The van der Waals surface area contributed by atoms with Gasteiger partial charge < -0.3 is 14.8 Å². The van der Waals surface area contributed by atoms with Crippen LogP contribution in [0.5, 0.6) is 11.5 Å². The first-order valence-corrected chi connectivity index (χ1v) is 10.5. The summed E-state index contributed by atoms with van der Waals surface area (Å²) in [6, 6.07) is 19.1. The number of nitrogens with one attached hydrogen (secondary N) is 1. The summed E-state index contributed by atoms with van der Waals surface area (Å²) in [7, 11) is 1.57. The van der Waals surface area contributed by atoms with E-state index in [1.165, 1.54) is 0 Å². The molecule has 0 aliphatic rings. The van der Waals surface area contributed by atoms with Crippen LogP contribution in [0.3, 0.4) is 0 Å². The van der Waals surface area contributed by atoms with Crippen molar-refractivity contribution >= 4 is 50.1 Å². The van der Waals surface area contributed by atoms with Crippen molar-refractivity contribution in [2.75, 3.05) is 12.4 Å². The third-order valence-corrected chi connectivity index (χ3v) is 5.45. The van der Waals surface area contributed by atoms with Gasteiger partial charge in [-0.2, -0.15) is 0 Å². The van der Waals surface area contributed by atoms with Crippen LogP contribution in [0.15, 0.2) is 65.1 Å². The fraction of sp³-hybridized carbons (Fsp3) is 0.136. The van der Waals surface area contributed by atoms with Crippen LogP contribution in [0, 0.1) is 10.5 Å². The van der Waals surface area contributed by atoms with Crippen LogP contribution >= 0.6 is 38.5 Å². The van der Waals surface area contributed by atoms with E-state index in [4.69, 9.17) is 9.47 Å². The maximum absolute atomic E-state index is 12.7. The Labute approximate surface area is 186 Å². The predicted molar refractivity (Wildman–Crippen MR) is 123 cm³/mol. The number of carbonyl (C=O) groups is 1. The zero-order valence-electron chi connectivity index (χ0n) is 15.5. The second kappa shape index (κ2) is 9.43. The van der Waals surface area contributed by atoms with Gasteiger partial charge in [0.25, 0.3) is 5.91 Å². The molecule has 4 nitrogen and oxygen atoms in total. The van der Waals surface area contributed by atoms with Crippen molar-refractivity contribution in [2.24, 2.45) is 0 Å². The van der Waals surface area contributed by atoms with Gasteiger partial charge in [-0.15, -0.1) is 0 Å². The number of amides is 1. The van der Waals surface area contributed by atoms with Gasteiger partial charge in [0.2, 0.25) is 0 Å². The average Bonchev–Trinajstić information content (AvgIpc) is 2.69. The Balaban J connectivity index is 1.80. The standard InChI is InChI=1S/C22H19BrINO3/c1-14-10-17(23)8-9-19(14)25-22(26)16-11-18(24)21(20(12-16)27-2)28-13-15-6-4-3-5-7-15/h3-12H,13H2,1-2H3,(H,25,26). The number of halogens is 2. The number of hydrogen-bond acceptors (Lipinski definition) is 3. The van der Waals surface area contributed by atoms with Crippen LogP contribution in [-0.2, 0) is 6.61 Å². The van der Waals surface area contributed by atoms with Crippen LogP contribution in [-0.4, -0.2) is 13.0 Å². The van der Waals surface area contributed by atoms with Gasteiger partial charge in [0.15, 0.2) is 11.5 Å². The van der Waals surface area contributed by atoms with Gasteiger partial charge in [0.05, 0.1) is 10.7 Å². The lowest BCUT2D eigenvalue weighted by molar-refractivity contribution is 0.102. The Kier molecular flexibility index (Phi) is 6.96. The molecule has 3 aromatic carbocycles. The minimum atomic E-state index is -0.198. The highest BCUT2D eigenvalue weighted by Gasteiger charge is 2.16. The Bertz CT molecular complexity index is 993. The number of carbonyl (C=O) groups excluding carboxylic acids is 1. The largest absolute Gasteiger partial charge is 0.493 e. The van der Waals surface area contributed by atoms with E-state index in [-0.39, 0.29) is 5.91 Å². The molecule has 0 bridgehead atoms. The lowest BCUT2D eigenvalue weighted by Crippen LogP contribution is -2.13. The van der Waals surface area contributed by atoms with Crippen LogP contribution < -0.4 is 14.8 Å². The third kappa shape index (κ3) is 5.05. The van der Waals surface area contributed by atoms with Crippen molar-refractivity contribution in [1.29, 1.82) is 0 Å². The number of rotatable bonds is 6. The van der Waals surface area contributed by atoms with E-state index in [1.54, 1.807) is 19.2 Å². The number of anilines is 1. The van der Waals surface area contributed by atoms with E-state index >= 15 is 0 Å². The first kappa shape index (κ1) is 20.7. The highest BCUT2D eigenvalue weighted by Crippen LogP contribution is 2.35. The Morgan fingerprint density at radius 2 is 1.86 bits per heavy atom. The topological polar surface area (TPSA) is 47.6 Å². The molecular weight excluding hydrogens is 533 g/mol. The van der Waals surface area contributed by atoms with Crippen LogP contribution in [0.2, 0.25) is 0 Å². The Hall–Kier alpha value is -2.06. The van der Waals surface area contributed by atoms with Crippen molar-refractivity contribution in [1.82, 2.24) is 0 Å². The van der Waals surface area contributed by atoms with Crippen LogP contribution in [0.1, 0.15) is 21.5 Å². The lowest BCUT2D eigenvalue weighted by Gasteiger charge is -2.15. The molecule has 0 aliphatic carbocycles. The van der Waals surface area contributed by atoms with Gasteiger partial charge >= 0.3 is 0 Å². The summed E-state index contributed by atoms with van der Waals surface area (Å²) >= 11 is 5.59. The highest BCUT2D eigenvalue weighted by atomic mass is 127. The van der Waals surface area contributed by atoms with Gasteiger partial charge in [0, 0.05) is 15.7 Å². The van der Waals surface area contributed by atoms with Gasteiger partial charge in [0.1, 0.15) is 6.61 Å². The minimum Gasteiger partial charge on any atom is -0.493 e. The quantitative estimate of drug-likeness (QED) is 0.371. The molecule has 0 unspecified atom stereocenters. The van der Waals surface area contributed by atoms with Crippen molar-refractivity contribution in [3.05, 3.63) is 85.4 Å². The molecule has 1 amide bonds. The summed E-state index contributed by atoms with van der Waals surface area (Å²) in [4.78, 5) is 12.7. The van der Waals surface area contributed by atoms with E-state index in [0.717, 1.165) is 24.9 Å². The summed E-state index contributed by atoms with van der Waals surface area (Å²) in [5.41, 5.74) is 3.32. The number of benzene rings is 3. The van der Waals surface area contributed by atoms with Gasteiger partial charge in [-0.05, 0) is 71.0 Å². The summed E-state index contributed by atoms with van der Waals surface area (Å²) < 4.78 is 13.2. The van der Waals surface area contributed by atoms with Gasteiger partial charge in [-0.1, -0.05) is 46.3 Å². The fourth-order valence-electron chi connectivity index (χ4n) is 2.68. The first-order valence-electron chi connectivity index (χ1n) is 8.59. The zero-order chi connectivity index (χ0) is 20.1. The van der Waals surface area contributed by atoms with Crippen LogP contribution in [0.25, 0.3) is 0 Å². The van der Waals surface area contributed by atoms with E-state index in [1.807, 2.05) is 55.5 Å². The fourth-order valence-corrected chi connectivity index (χ4v) is 3.92. The summed E-state index contributed by atoms with van der Waals surface area (Å²) in [6.07, 6.45) is 0. The average molecular weight is 552 g/mol. The van der Waals surface area contributed by atoms with E-state index in [9.17, 15) is 4.79 Å². The third-order valence-electron chi connectivity index (χ3n) is 4.15. The predicted octanol–water partition coefficient (Wildman–Crippen LogP) is 6.20. The van der Waals surface area contributed by atoms with E-state index < -0.39 is 0 Å². The van der Waals surface area contributed by atoms with Crippen molar-refractivity contribution in [3.63, 3.8) is 0 Å². The number of aryl methyl sites for hydroxylation is 1. The molecule has 0 aromatic heterocycles. The summed E-state index contributed by atoms with van der Waals surface area (Å²) in [5, 5.41) is 2.95. The number of methoxy groups -OCH3 is 1. The monoisotopic (exact) mass is 551 g/mol. The van der Waals surface area contributed by atoms with Gasteiger partial charge in [-0.3, -0.25) is 4.79 Å². The molecule has 3 aromatic rings. The Morgan fingerprint density at radius 3 is 2.54 bits per heavy atom. The maximum Gasteiger partial charge on any atom is 0.255 e. The van der Waals surface area contributed by atoms with Crippen LogP contribution in [0.4, 0.5) is 5.69 Å². The number of ether oxygens (including phenoxy) is 2. The summed E-state index contributed by atoms with van der Waals surface area (Å²) in [5.74, 6) is 0.958. The molecule has 0 atom stereocenters. The molecule has 0 spiro atoms. The molecule has 0 saturated carbocycles. The molecular formula is C22H19BrINO3.